The van der Waals surface area contributed by atoms with Crippen molar-refractivity contribution >= 4 is 17.5 Å². The molecule has 1 aliphatic heterocycles. The molecule has 5 nitrogen and oxygen atoms in total. The molecule has 0 aliphatic carbocycles. The number of carbonyl (C=O) groups excluding carboxylic acids is 1. The van der Waals surface area contributed by atoms with Gasteiger partial charge in [-0.2, -0.15) is 5.10 Å². The van der Waals surface area contributed by atoms with Gasteiger partial charge in [-0.3, -0.25) is 9.89 Å². The van der Waals surface area contributed by atoms with Crippen LogP contribution >= 0.6 is 11.6 Å². The number of nitrogens with two attached hydrogens (primary N) is 1. The van der Waals surface area contributed by atoms with E-state index in [1.54, 1.807) is 0 Å². The summed E-state index contributed by atoms with van der Waals surface area (Å²) in [6, 6.07) is 7.58. The van der Waals surface area contributed by atoms with E-state index in [2.05, 4.69) is 10.2 Å². The molecule has 2 heterocycles. The Bertz CT molecular complexity index is 749. The highest BCUT2D eigenvalue weighted by molar-refractivity contribution is 6.30. The topological polar surface area (TPSA) is 75.0 Å². The highest BCUT2D eigenvalue weighted by Crippen LogP contribution is 2.30. The van der Waals surface area contributed by atoms with E-state index >= 15 is 0 Å². The maximum absolute atomic E-state index is 12.8. The van der Waals surface area contributed by atoms with Crippen molar-refractivity contribution in [3.8, 4) is 11.3 Å². The molecular weight excluding hydrogens is 324 g/mol. The smallest absolute Gasteiger partial charge is 0.242 e. The largest absolute Gasteiger partial charge is 0.336 e. The summed E-state index contributed by atoms with van der Waals surface area (Å²) in [5.74, 6) is 0.0675. The first-order valence-electron chi connectivity index (χ1n) is 8.21. The van der Waals surface area contributed by atoms with E-state index in [0.29, 0.717) is 18.1 Å². The van der Waals surface area contributed by atoms with Crippen LogP contribution in [-0.2, 0) is 17.8 Å². The molecule has 1 aliphatic rings. The number of hydrogen-bond donors (Lipinski definition) is 2. The molecular formula is C18H23ClN4O. The Morgan fingerprint density at radius 1 is 1.38 bits per heavy atom. The van der Waals surface area contributed by atoms with Gasteiger partial charge in [-0.1, -0.05) is 37.6 Å². The Morgan fingerprint density at radius 3 is 2.67 bits per heavy atom. The molecule has 3 rings (SSSR count). The van der Waals surface area contributed by atoms with Crippen LogP contribution in [0.2, 0.25) is 5.02 Å². The first-order chi connectivity index (χ1) is 11.3. The number of fused-ring (bicyclic) bond motifs is 1. The monoisotopic (exact) mass is 346 g/mol. The Balaban J connectivity index is 1.89. The third-order valence-corrected chi connectivity index (χ3v) is 5.25. The summed E-state index contributed by atoms with van der Waals surface area (Å²) in [5.41, 5.74) is 9.43. The molecule has 6 heteroatoms. The Kier molecular flexibility index (Phi) is 4.40. The summed E-state index contributed by atoms with van der Waals surface area (Å²) >= 11 is 5.97. The SMILES string of the molecule is CC(C)C(C)(N)C(=O)N1CCc2[nH]nc(-c3ccc(Cl)cc3)c2C1. The van der Waals surface area contributed by atoms with Crippen LogP contribution in [0.1, 0.15) is 32.0 Å². The normalized spacial score (nSPS) is 16.8. The number of benzene rings is 1. The second kappa shape index (κ2) is 6.22. The molecule has 0 fully saturated rings. The number of nitrogens with one attached hydrogen (secondary N) is 1. The fourth-order valence-corrected chi connectivity index (χ4v) is 3.03. The average molecular weight is 347 g/mol. The third kappa shape index (κ3) is 2.94. The summed E-state index contributed by atoms with van der Waals surface area (Å²) in [7, 11) is 0. The van der Waals surface area contributed by atoms with Crippen molar-refractivity contribution < 1.29 is 4.79 Å². The fourth-order valence-electron chi connectivity index (χ4n) is 2.90. The number of H-pyrrole nitrogens is 1. The maximum atomic E-state index is 12.8. The lowest BCUT2D eigenvalue weighted by Gasteiger charge is -2.36. The number of aromatic nitrogens is 2. The second-order valence-corrected chi connectivity index (χ2v) is 7.39. The van der Waals surface area contributed by atoms with E-state index in [0.717, 1.165) is 28.9 Å². The lowest BCUT2D eigenvalue weighted by Crippen LogP contribution is -2.57. The summed E-state index contributed by atoms with van der Waals surface area (Å²) in [5, 5.41) is 8.25. The zero-order valence-electron chi connectivity index (χ0n) is 14.3. The molecule has 0 radical (unpaired) electrons. The van der Waals surface area contributed by atoms with Crippen LogP contribution in [0.4, 0.5) is 0 Å². The van der Waals surface area contributed by atoms with Gasteiger partial charge < -0.3 is 10.6 Å². The first kappa shape index (κ1) is 17.0. The van der Waals surface area contributed by atoms with E-state index in [4.69, 9.17) is 17.3 Å². The van der Waals surface area contributed by atoms with E-state index in [1.807, 2.05) is 49.9 Å². The van der Waals surface area contributed by atoms with Gasteiger partial charge in [0, 0.05) is 41.4 Å². The third-order valence-electron chi connectivity index (χ3n) is 5.00. The number of rotatable bonds is 3. The lowest BCUT2D eigenvalue weighted by atomic mass is 9.87. The molecule has 1 unspecified atom stereocenters. The summed E-state index contributed by atoms with van der Waals surface area (Å²) in [6.07, 6.45) is 0.760. The number of amides is 1. The zero-order valence-corrected chi connectivity index (χ0v) is 15.0. The van der Waals surface area contributed by atoms with Crippen LogP contribution in [0.3, 0.4) is 0 Å². The molecule has 0 saturated carbocycles. The minimum Gasteiger partial charge on any atom is -0.336 e. The van der Waals surface area contributed by atoms with Crippen LogP contribution in [-0.4, -0.2) is 33.1 Å². The number of nitrogens with zero attached hydrogens (tertiary/aromatic N) is 2. The highest BCUT2D eigenvalue weighted by atomic mass is 35.5. The molecule has 128 valence electrons. The van der Waals surface area contributed by atoms with Crippen LogP contribution in [0, 0.1) is 5.92 Å². The molecule has 0 spiro atoms. The maximum Gasteiger partial charge on any atom is 0.242 e. The Hall–Kier alpha value is -1.85. The van der Waals surface area contributed by atoms with Gasteiger partial charge in [0.1, 0.15) is 0 Å². The molecule has 0 bridgehead atoms. The van der Waals surface area contributed by atoms with Gasteiger partial charge in [-0.05, 0) is 25.0 Å². The predicted octanol–water partition coefficient (Wildman–Crippen LogP) is 2.99. The van der Waals surface area contributed by atoms with E-state index < -0.39 is 5.54 Å². The zero-order chi connectivity index (χ0) is 17.5. The van der Waals surface area contributed by atoms with Gasteiger partial charge >= 0.3 is 0 Å². The van der Waals surface area contributed by atoms with Crippen LogP contribution < -0.4 is 5.73 Å². The average Bonchev–Trinajstić information content (AvgIpc) is 2.97. The van der Waals surface area contributed by atoms with Gasteiger partial charge in [0.05, 0.1) is 11.2 Å². The number of carbonyl (C=O) groups is 1. The predicted molar refractivity (Wildman–Crippen MR) is 95.6 cm³/mol. The molecule has 1 amide bonds. The van der Waals surface area contributed by atoms with Crippen molar-refractivity contribution in [1.82, 2.24) is 15.1 Å². The standard InChI is InChI=1S/C18H23ClN4O/c1-11(2)18(3,20)17(24)23-9-8-15-14(10-23)16(22-21-15)12-4-6-13(19)7-5-12/h4-7,11H,8-10,20H2,1-3H3,(H,21,22). The second-order valence-electron chi connectivity index (χ2n) is 6.95. The van der Waals surface area contributed by atoms with Crippen molar-refractivity contribution in [2.45, 2.75) is 39.3 Å². The molecule has 2 aromatic rings. The highest BCUT2D eigenvalue weighted by Gasteiger charge is 2.37. The van der Waals surface area contributed by atoms with E-state index in [-0.39, 0.29) is 11.8 Å². The van der Waals surface area contributed by atoms with E-state index in [1.165, 1.54) is 0 Å². The van der Waals surface area contributed by atoms with Gasteiger partial charge in [0.15, 0.2) is 0 Å². The lowest BCUT2D eigenvalue weighted by molar-refractivity contribution is -0.139. The number of halogens is 1. The van der Waals surface area contributed by atoms with Crippen molar-refractivity contribution in [2.24, 2.45) is 11.7 Å². The van der Waals surface area contributed by atoms with Gasteiger partial charge in [-0.25, -0.2) is 0 Å². The summed E-state index contributed by atoms with van der Waals surface area (Å²) < 4.78 is 0. The summed E-state index contributed by atoms with van der Waals surface area (Å²) in [6.45, 7) is 6.95. The van der Waals surface area contributed by atoms with Crippen molar-refractivity contribution in [3.05, 3.63) is 40.5 Å². The van der Waals surface area contributed by atoms with E-state index in [9.17, 15) is 4.79 Å². The van der Waals surface area contributed by atoms with Crippen molar-refractivity contribution in [2.75, 3.05) is 6.54 Å². The quantitative estimate of drug-likeness (QED) is 0.897. The van der Waals surface area contributed by atoms with Crippen molar-refractivity contribution in [1.29, 1.82) is 0 Å². The number of hydrogen-bond acceptors (Lipinski definition) is 3. The van der Waals surface area contributed by atoms with Gasteiger partial charge in [0.2, 0.25) is 5.91 Å². The Morgan fingerprint density at radius 2 is 2.04 bits per heavy atom. The minimum absolute atomic E-state index is 0.00796. The van der Waals surface area contributed by atoms with Crippen LogP contribution in [0.5, 0.6) is 0 Å². The Labute approximate surface area is 147 Å². The van der Waals surface area contributed by atoms with Crippen LogP contribution in [0.25, 0.3) is 11.3 Å². The fraction of sp³-hybridized carbons (Fsp3) is 0.444. The molecule has 1 atom stereocenters. The molecule has 1 aromatic carbocycles. The molecule has 0 saturated heterocycles. The number of aromatic amines is 1. The molecule has 3 N–H and O–H groups in total. The first-order valence-corrected chi connectivity index (χ1v) is 8.58. The van der Waals surface area contributed by atoms with Gasteiger partial charge in [0.25, 0.3) is 0 Å². The molecule has 1 aromatic heterocycles. The van der Waals surface area contributed by atoms with Gasteiger partial charge in [-0.15, -0.1) is 0 Å². The molecule has 24 heavy (non-hydrogen) atoms. The van der Waals surface area contributed by atoms with Crippen LogP contribution in [0.15, 0.2) is 24.3 Å². The summed E-state index contributed by atoms with van der Waals surface area (Å²) in [4.78, 5) is 14.7. The minimum atomic E-state index is -0.859. The van der Waals surface area contributed by atoms with Crippen molar-refractivity contribution in [3.63, 3.8) is 0 Å².